The number of benzene rings is 2. The third-order valence-electron chi connectivity index (χ3n) is 4.68. The molecule has 1 saturated heterocycles. The van der Waals surface area contributed by atoms with E-state index in [0.717, 1.165) is 41.8 Å². The van der Waals surface area contributed by atoms with Gasteiger partial charge < -0.3 is 10.2 Å². The number of likely N-dealkylation sites (tertiary alicyclic amines) is 1. The highest BCUT2D eigenvalue weighted by Crippen LogP contribution is 2.33. The number of aryl methyl sites for hydroxylation is 3. The highest BCUT2D eigenvalue weighted by molar-refractivity contribution is 5.91. The van der Waals surface area contributed by atoms with Gasteiger partial charge in [-0.25, -0.2) is 9.18 Å². The number of amides is 2. The van der Waals surface area contributed by atoms with Crippen LogP contribution in [0.3, 0.4) is 0 Å². The van der Waals surface area contributed by atoms with Gasteiger partial charge in [0.2, 0.25) is 0 Å². The lowest BCUT2D eigenvalue weighted by Crippen LogP contribution is -2.34. The molecule has 1 N–H and O–H groups in total. The van der Waals surface area contributed by atoms with Gasteiger partial charge >= 0.3 is 6.03 Å². The van der Waals surface area contributed by atoms with E-state index in [-0.39, 0.29) is 17.9 Å². The Bertz CT molecular complexity index is 732. The van der Waals surface area contributed by atoms with Crippen LogP contribution in [-0.2, 0) is 0 Å². The van der Waals surface area contributed by atoms with Gasteiger partial charge in [-0.05, 0) is 62.4 Å². The van der Waals surface area contributed by atoms with E-state index >= 15 is 0 Å². The maximum absolute atomic E-state index is 13.1. The number of hydrogen-bond donors (Lipinski definition) is 1. The summed E-state index contributed by atoms with van der Waals surface area (Å²) >= 11 is 0. The fourth-order valence-electron chi connectivity index (χ4n) is 3.60. The molecule has 3 rings (SSSR count). The van der Waals surface area contributed by atoms with Gasteiger partial charge in [0.25, 0.3) is 0 Å². The maximum atomic E-state index is 13.1. The first-order valence-electron chi connectivity index (χ1n) is 8.36. The van der Waals surface area contributed by atoms with Gasteiger partial charge in [0.1, 0.15) is 5.82 Å². The Morgan fingerprint density at radius 1 is 1.12 bits per heavy atom. The van der Waals surface area contributed by atoms with Crippen LogP contribution in [0.15, 0.2) is 36.4 Å². The zero-order valence-electron chi connectivity index (χ0n) is 14.4. The lowest BCUT2D eigenvalue weighted by atomic mass is 10.0. The van der Waals surface area contributed by atoms with Gasteiger partial charge in [0.15, 0.2) is 0 Å². The lowest BCUT2D eigenvalue weighted by molar-refractivity contribution is 0.207. The van der Waals surface area contributed by atoms with Crippen LogP contribution in [-0.4, -0.2) is 17.5 Å². The molecule has 1 aliphatic rings. The van der Waals surface area contributed by atoms with Gasteiger partial charge in [-0.2, -0.15) is 0 Å². The minimum absolute atomic E-state index is 0.0108. The van der Waals surface area contributed by atoms with E-state index in [1.165, 1.54) is 17.7 Å². The summed E-state index contributed by atoms with van der Waals surface area (Å²) in [5.41, 5.74) is 5.20. The predicted molar refractivity (Wildman–Crippen MR) is 94.8 cm³/mol. The number of carbonyl (C=O) groups is 1. The molecule has 3 nitrogen and oxygen atoms in total. The van der Waals surface area contributed by atoms with Crippen molar-refractivity contribution in [2.75, 3.05) is 11.9 Å². The average molecular weight is 326 g/mol. The lowest BCUT2D eigenvalue weighted by Gasteiger charge is -2.26. The number of nitrogens with one attached hydrogen (secondary N) is 1. The van der Waals surface area contributed by atoms with Crippen LogP contribution in [0, 0.1) is 26.6 Å². The molecular formula is C20H23FN2O. The molecule has 1 fully saturated rings. The molecule has 1 aliphatic heterocycles. The van der Waals surface area contributed by atoms with E-state index in [2.05, 4.69) is 24.4 Å². The summed E-state index contributed by atoms with van der Waals surface area (Å²) in [6.45, 7) is 6.79. The largest absolute Gasteiger partial charge is 0.322 e. The number of nitrogens with zero attached hydrogens (tertiary/aromatic N) is 1. The summed E-state index contributed by atoms with van der Waals surface area (Å²) in [7, 11) is 0. The average Bonchev–Trinajstić information content (AvgIpc) is 3.01. The number of anilines is 1. The Balaban J connectivity index is 1.80. The number of rotatable bonds is 2. The van der Waals surface area contributed by atoms with Gasteiger partial charge in [-0.3, -0.25) is 0 Å². The van der Waals surface area contributed by atoms with Crippen molar-refractivity contribution in [3.8, 4) is 0 Å². The van der Waals surface area contributed by atoms with Crippen molar-refractivity contribution >= 4 is 11.7 Å². The number of halogens is 1. The molecule has 0 saturated carbocycles. The molecule has 0 bridgehead atoms. The second kappa shape index (κ2) is 6.63. The van der Waals surface area contributed by atoms with Crippen molar-refractivity contribution in [1.29, 1.82) is 0 Å². The molecule has 0 spiro atoms. The van der Waals surface area contributed by atoms with Gasteiger partial charge in [0, 0.05) is 12.2 Å². The van der Waals surface area contributed by atoms with Crippen molar-refractivity contribution in [1.82, 2.24) is 4.90 Å². The molecule has 1 heterocycles. The highest BCUT2D eigenvalue weighted by Gasteiger charge is 2.30. The van der Waals surface area contributed by atoms with E-state index in [0.29, 0.717) is 0 Å². The predicted octanol–water partition coefficient (Wildman–Crippen LogP) is 5.12. The molecule has 0 aromatic heterocycles. The van der Waals surface area contributed by atoms with Crippen LogP contribution in [0.5, 0.6) is 0 Å². The zero-order chi connectivity index (χ0) is 17.3. The summed E-state index contributed by atoms with van der Waals surface area (Å²) in [4.78, 5) is 14.6. The van der Waals surface area contributed by atoms with E-state index in [4.69, 9.17) is 0 Å². The monoisotopic (exact) mass is 326 g/mol. The molecule has 2 amide bonds. The first-order chi connectivity index (χ1) is 11.5. The van der Waals surface area contributed by atoms with Crippen molar-refractivity contribution < 1.29 is 9.18 Å². The number of hydrogen-bond acceptors (Lipinski definition) is 1. The topological polar surface area (TPSA) is 32.3 Å². The van der Waals surface area contributed by atoms with Crippen LogP contribution in [0.2, 0.25) is 0 Å². The normalized spacial score (nSPS) is 17.2. The molecule has 24 heavy (non-hydrogen) atoms. The Kier molecular flexibility index (Phi) is 4.56. The minimum atomic E-state index is -0.251. The van der Waals surface area contributed by atoms with Crippen LogP contribution < -0.4 is 5.32 Å². The van der Waals surface area contributed by atoms with Crippen LogP contribution in [0.25, 0.3) is 0 Å². The van der Waals surface area contributed by atoms with E-state index < -0.39 is 0 Å². The Labute approximate surface area is 142 Å². The van der Waals surface area contributed by atoms with Gasteiger partial charge in [-0.1, -0.05) is 29.8 Å². The van der Waals surface area contributed by atoms with Crippen molar-refractivity contribution in [2.24, 2.45) is 0 Å². The Hall–Kier alpha value is -2.36. The van der Waals surface area contributed by atoms with E-state index in [1.54, 1.807) is 12.1 Å². The standard InChI is InChI=1S/C20H23FN2O/c1-13-11-14(2)19(15(3)12-13)22-20(24)23-10-4-5-18(23)16-6-8-17(21)9-7-16/h6-9,11-12,18H,4-5,10H2,1-3H3,(H,22,24)/t18-/m1/s1. The molecule has 1 atom stereocenters. The molecule has 2 aromatic carbocycles. The highest BCUT2D eigenvalue weighted by atomic mass is 19.1. The number of carbonyl (C=O) groups excluding carboxylic acids is 1. The fourth-order valence-corrected chi connectivity index (χ4v) is 3.60. The van der Waals surface area contributed by atoms with Crippen LogP contribution >= 0.6 is 0 Å². The number of urea groups is 1. The van der Waals surface area contributed by atoms with E-state index in [9.17, 15) is 9.18 Å². The Morgan fingerprint density at radius 3 is 2.38 bits per heavy atom. The molecule has 0 aliphatic carbocycles. The van der Waals surface area contributed by atoms with Crippen molar-refractivity contribution in [2.45, 2.75) is 39.7 Å². The van der Waals surface area contributed by atoms with Crippen LogP contribution in [0.1, 0.15) is 41.1 Å². The van der Waals surface area contributed by atoms with Crippen molar-refractivity contribution in [3.63, 3.8) is 0 Å². The third kappa shape index (κ3) is 3.28. The molecule has 4 heteroatoms. The summed E-state index contributed by atoms with van der Waals surface area (Å²) < 4.78 is 13.1. The van der Waals surface area contributed by atoms with Gasteiger partial charge in [0.05, 0.1) is 6.04 Å². The van der Waals surface area contributed by atoms with Gasteiger partial charge in [-0.15, -0.1) is 0 Å². The molecule has 0 unspecified atom stereocenters. The third-order valence-corrected chi connectivity index (χ3v) is 4.68. The smallest absolute Gasteiger partial charge is 0.317 e. The summed E-state index contributed by atoms with van der Waals surface area (Å²) in [6, 6.07) is 10.5. The second-order valence-corrected chi connectivity index (χ2v) is 6.61. The molecule has 0 radical (unpaired) electrons. The molecule has 2 aromatic rings. The van der Waals surface area contributed by atoms with Crippen LogP contribution in [0.4, 0.5) is 14.9 Å². The second-order valence-electron chi connectivity index (χ2n) is 6.61. The maximum Gasteiger partial charge on any atom is 0.322 e. The molecule has 126 valence electrons. The summed E-state index contributed by atoms with van der Waals surface area (Å²) in [5.74, 6) is -0.251. The minimum Gasteiger partial charge on any atom is -0.317 e. The first-order valence-corrected chi connectivity index (χ1v) is 8.36. The Morgan fingerprint density at radius 2 is 1.75 bits per heavy atom. The first kappa shape index (κ1) is 16.5. The van der Waals surface area contributed by atoms with Crippen molar-refractivity contribution in [3.05, 3.63) is 64.5 Å². The summed E-state index contributed by atoms with van der Waals surface area (Å²) in [5, 5.41) is 3.07. The fraction of sp³-hybridized carbons (Fsp3) is 0.350. The molecular weight excluding hydrogens is 303 g/mol. The van der Waals surface area contributed by atoms with E-state index in [1.807, 2.05) is 18.7 Å². The quantitative estimate of drug-likeness (QED) is 0.816. The zero-order valence-corrected chi connectivity index (χ0v) is 14.4. The summed E-state index contributed by atoms with van der Waals surface area (Å²) in [6.07, 6.45) is 1.87. The SMILES string of the molecule is Cc1cc(C)c(NC(=O)N2CCC[C@@H]2c2ccc(F)cc2)c(C)c1.